The van der Waals surface area contributed by atoms with Gasteiger partial charge in [-0.05, 0) is 29.8 Å². The normalized spacial score (nSPS) is 16.9. The Labute approximate surface area is 156 Å². The molecule has 0 spiro atoms. The van der Waals surface area contributed by atoms with E-state index in [2.05, 4.69) is 4.72 Å². The topological polar surface area (TPSA) is 98.8 Å². The highest BCUT2D eigenvalue weighted by molar-refractivity contribution is 7.95. The predicted octanol–water partition coefficient (Wildman–Crippen LogP) is 2.57. The maximum Gasteiger partial charge on any atom is 0.347 e. The van der Waals surface area contributed by atoms with E-state index in [1.54, 1.807) is 24.3 Å². The fourth-order valence-electron chi connectivity index (χ4n) is 2.42. The van der Waals surface area contributed by atoms with Crippen LogP contribution in [0.1, 0.15) is 22.3 Å². The summed E-state index contributed by atoms with van der Waals surface area (Å²) in [5.41, 5.74) is 1.07. The average molecular weight is 387 g/mol. The number of anilines is 1. The second-order valence-corrected chi connectivity index (χ2v) is 7.36. The van der Waals surface area contributed by atoms with Gasteiger partial charge in [0.15, 0.2) is 0 Å². The Balaban J connectivity index is 1.68. The first-order valence-corrected chi connectivity index (χ1v) is 9.71. The van der Waals surface area contributed by atoms with Crippen LogP contribution in [0.15, 0.2) is 60.0 Å². The minimum absolute atomic E-state index is 0.127. The molecule has 1 aliphatic rings. The predicted molar refractivity (Wildman–Crippen MR) is 99.2 cm³/mol. The Morgan fingerprint density at radius 2 is 1.93 bits per heavy atom. The Kier molecular flexibility index (Phi) is 5.56. The summed E-state index contributed by atoms with van der Waals surface area (Å²) >= 11 is 0. The van der Waals surface area contributed by atoms with Gasteiger partial charge in [0, 0.05) is 12.1 Å². The van der Waals surface area contributed by atoms with E-state index in [1.165, 1.54) is 30.3 Å². The van der Waals surface area contributed by atoms with Crippen LogP contribution in [0.25, 0.3) is 6.08 Å². The summed E-state index contributed by atoms with van der Waals surface area (Å²) in [5, 5.41) is 1.04. The summed E-state index contributed by atoms with van der Waals surface area (Å²) in [6.07, 6.45) is 0.847. The van der Waals surface area contributed by atoms with E-state index in [0.717, 1.165) is 11.0 Å². The van der Waals surface area contributed by atoms with Crippen molar-refractivity contribution in [3.8, 4) is 0 Å². The molecule has 0 radical (unpaired) electrons. The summed E-state index contributed by atoms with van der Waals surface area (Å²) in [4.78, 5) is 23.5. The van der Waals surface area contributed by atoms with Gasteiger partial charge in [-0.25, -0.2) is 18.0 Å². The lowest BCUT2D eigenvalue weighted by Gasteiger charge is -2.10. The summed E-state index contributed by atoms with van der Waals surface area (Å²) in [5.74, 6) is -1.30. The number of ether oxygens (including phenoxy) is 2. The molecule has 0 bridgehead atoms. The zero-order chi connectivity index (χ0) is 19.3. The number of rotatable bonds is 6. The maximum absolute atomic E-state index is 12.2. The van der Waals surface area contributed by atoms with E-state index in [9.17, 15) is 18.0 Å². The molecule has 7 nitrogen and oxygen atoms in total. The van der Waals surface area contributed by atoms with Crippen LogP contribution in [-0.2, 0) is 24.3 Å². The third kappa shape index (κ3) is 5.18. The van der Waals surface area contributed by atoms with E-state index >= 15 is 0 Å². The van der Waals surface area contributed by atoms with Gasteiger partial charge >= 0.3 is 11.9 Å². The molecular formula is C19H17NO6S. The molecule has 0 unspecified atom stereocenters. The van der Waals surface area contributed by atoms with Gasteiger partial charge in [-0.15, -0.1) is 0 Å². The zero-order valence-electron chi connectivity index (χ0n) is 14.2. The Hall–Kier alpha value is -3.13. The van der Waals surface area contributed by atoms with Crippen molar-refractivity contribution in [3.63, 3.8) is 0 Å². The molecular weight excluding hydrogens is 370 g/mol. The number of esters is 2. The summed E-state index contributed by atoms with van der Waals surface area (Å²) in [6, 6.07) is 14.8. The van der Waals surface area contributed by atoms with Crippen molar-refractivity contribution in [2.24, 2.45) is 0 Å². The van der Waals surface area contributed by atoms with Gasteiger partial charge in [-0.1, -0.05) is 36.4 Å². The van der Waals surface area contributed by atoms with Crippen LogP contribution in [0.4, 0.5) is 5.69 Å². The molecule has 1 aliphatic heterocycles. The SMILES string of the molecule is O=C(O[C@H]1CCOC1=O)c1cccc(NS(=O)(=O)/C=C/c2ccccc2)c1. The van der Waals surface area contributed by atoms with Crippen molar-refractivity contribution in [1.29, 1.82) is 0 Å². The van der Waals surface area contributed by atoms with E-state index in [1.807, 2.05) is 6.07 Å². The monoisotopic (exact) mass is 387 g/mol. The van der Waals surface area contributed by atoms with Crippen LogP contribution in [0.3, 0.4) is 0 Å². The van der Waals surface area contributed by atoms with Crippen LogP contribution < -0.4 is 4.72 Å². The maximum atomic E-state index is 12.2. The summed E-state index contributed by atoms with van der Waals surface area (Å²) < 4.78 is 36.6. The number of hydrogen-bond acceptors (Lipinski definition) is 6. The molecule has 0 aromatic heterocycles. The molecule has 1 heterocycles. The van der Waals surface area contributed by atoms with Crippen molar-refractivity contribution in [3.05, 3.63) is 71.1 Å². The Bertz CT molecular complexity index is 969. The molecule has 0 aliphatic carbocycles. The number of nitrogens with one attached hydrogen (secondary N) is 1. The standard InChI is InChI=1S/C19H17NO6S/c21-18(26-17-9-11-25-19(17)22)15-7-4-8-16(13-15)20-27(23,24)12-10-14-5-2-1-3-6-14/h1-8,10,12-13,17,20H,9,11H2/b12-10+/t17-/m0/s1. The first-order valence-electron chi connectivity index (χ1n) is 8.17. The van der Waals surface area contributed by atoms with Gasteiger partial charge in [0.2, 0.25) is 6.10 Å². The Morgan fingerprint density at radius 3 is 2.63 bits per heavy atom. The molecule has 1 saturated heterocycles. The Morgan fingerprint density at radius 1 is 1.15 bits per heavy atom. The van der Waals surface area contributed by atoms with Crippen molar-refractivity contribution < 1.29 is 27.5 Å². The molecule has 3 rings (SSSR count). The lowest BCUT2D eigenvalue weighted by Crippen LogP contribution is -2.22. The van der Waals surface area contributed by atoms with Crippen LogP contribution in [-0.4, -0.2) is 33.1 Å². The van der Waals surface area contributed by atoms with E-state index in [-0.39, 0.29) is 17.9 Å². The number of sulfonamides is 1. The molecule has 2 aromatic rings. The number of carbonyl (C=O) groups is 2. The fourth-order valence-corrected chi connectivity index (χ4v) is 3.28. The van der Waals surface area contributed by atoms with Crippen LogP contribution in [0, 0.1) is 0 Å². The summed E-state index contributed by atoms with van der Waals surface area (Å²) in [7, 11) is -3.76. The second-order valence-electron chi connectivity index (χ2n) is 5.79. The minimum atomic E-state index is -3.76. The first-order chi connectivity index (χ1) is 12.9. The first kappa shape index (κ1) is 18.7. The highest BCUT2D eigenvalue weighted by atomic mass is 32.2. The van der Waals surface area contributed by atoms with Gasteiger partial charge in [-0.3, -0.25) is 4.72 Å². The smallest absolute Gasteiger partial charge is 0.347 e. The third-order valence-corrected chi connectivity index (χ3v) is 4.75. The van der Waals surface area contributed by atoms with Gasteiger partial charge < -0.3 is 9.47 Å². The van der Waals surface area contributed by atoms with Crippen LogP contribution >= 0.6 is 0 Å². The molecule has 0 amide bonds. The third-order valence-electron chi connectivity index (χ3n) is 3.73. The van der Waals surface area contributed by atoms with Crippen molar-refractivity contribution >= 4 is 33.7 Å². The summed E-state index contributed by atoms with van der Waals surface area (Å²) in [6.45, 7) is 0.213. The highest BCUT2D eigenvalue weighted by Gasteiger charge is 2.30. The largest absolute Gasteiger partial charge is 0.463 e. The number of hydrogen-bond donors (Lipinski definition) is 1. The molecule has 2 aromatic carbocycles. The minimum Gasteiger partial charge on any atom is -0.463 e. The van der Waals surface area contributed by atoms with Crippen LogP contribution in [0.5, 0.6) is 0 Å². The van der Waals surface area contributed by atoms with E-state index < -0.39 is 28.1 Å². The zero-order valence-corrected chi connectivity index (χ0v) is 15.0. The van der Waals surface area contributed by atoms with Gasteiger partial charge in [0.1, 0.15) is 0 Å². The number of carbonyl (C=O) groups excluding carboxylic acids is 2. The second kappa shape index (κ2) is 8.05. The van der Waals surface area contributed by atoms with Gasteiger partial charge in [0.25, 0.3) is 10.0 Å². The van der Waals surface area contributed by atoms with E-state index in [0.29, 0.717) is 6.42 Å². The quantitative estimate of drug-likeness (QED) is 0.765. The molecule has 140 valence electrons. The lowest BCUT2D eigenvalue weighted by atomic mass is 10.2. The molecule has 1 N–H and O–H groups in total. The molecule has 1 fully saturated rings. The average Bonchev–Trinajstić information content (AvgIpc) is 3.05. The van der Waals surface area contributed by atoms with Crippen molar-refractivity contribution in [2.45, 2.75) is 12.5 Å². The number of benzene rings is 2. The number of cyclic esters (lactones) is 1. The highest BCUT2D eigenvalue weighted by Crippen LogP contribution is 2.17. The molecule has 0 saturated carbocycles. The van der Waals surface area contributed by atoms with Gasteiger partial charge in [-0.2, -0.15) is 0 Å². The van der Waals surface area contributed by atoms with E-state index in [4.69, 9.17) is 9.47 Å². The van der Waals surface area contributed by atoms with Crippen LogP contribution in [0.2, 0.25) is 0 Å². The molecule has 1 atom stereocenters. The lowest BCUT2D eigenvalue weighted by molar-refractivity contribution is -0.145. The van der Waals surface area contributed by atoms with Crippen molar-refractivity contribution in [2.75, 3.05) is 11.3 Å². The molecule has 27 heavy (non-hydrogen) atoms. The van der Waals surface area contributed by atoms with Crippen molar-refractivity contribution in [1.82, 2.24) is 0 Å². The fraction of sp³-hybridized carbons (Fsp3) is 0.158. The molecule has 8 heteroatoms. The van der Waals surface area contributed by atoms with Gasteiger partial charge in [0.05, 0.1) is 17.6 Å².